The number of nitrogens with zero attached hydrogens (tertiary/aromatic N) is 3. The molecule has 0 unspecified atom stereocenters. The van der Waals surface area contributed by atoms with Crippen LogP contribution in [0.5, 0.6) is 5.75 Å². The summed E-state index contributed by atoms with van der Waals surface area (Å²) in [4.78, 5) is 10.4. The third-order valence-corrected chi connectivity index (χ3v) is 12.5. The smallest absolute Gasteiger partial charge is 0.148 e. The van der Waals surface area contributed by atoms with Gasteiger partial charge in [-0.05, 0) is 111 Å². The molecule has 9 rings (SSSR count). The van der Waals surface area contributed by atoms with E-state index < -0.39 is 18.6 Å². The topological polar surface area (TPSA) is 50.9 Å². The summed E-state index contributed by atoms with van der Waals surface area (Å²) in [7, 11) is 0. The molecule has 66 heavy (non-hydrogen) atoms. The first-order valence-electron chi connectivity index (χ1n) is 25.0. The Hall–Kier alpha value is -6.35. The van der Waals surface area contributed by atoms with E-state index in [1.807, 2.05) is 94.4 Å². The van der Waals surface area contributed by atoms with Crippen LogP contribution in [0.4, 0.5) is 0 Å². The maximum atomic E-state index is 12.3. The van der Waals surface area contributed by atoms with Crippen molar-refractivity contribution < 1.29 is 33.0 Å². The number of aromatic hydroxyl groups is 1. The zero-order valence-electron chi connectivity index (χ0n) is 43.8. The van der Waals surface area contributed by atoms with E-state index in [0.717, 1.165) is 89.0 Å². The quantitative estimate of drug-likeness (QED) is 0.131. The number of aromatic nitrogens is 3. The Labute approximate surface area is 412 Å². The van der Waals surface area contributed by atoms with Crippen molar-refractivity contribution in [2.75, 3.05) is 0 Å². The molecule has 0 bridgehead atoms. The second kappa shape index (κ2) is 19.2. The summed E-state index contributed by atoms with van der Waals surface area (Å²) in [5.74, 6) is -0.782. The standard InChI is InChI=1S/C61H58N3O.Pt/c1-37(2)46-34-54(40(7)8)60(65)55(35-46)61-63-59-53(19-14-20-57(59)64(61)50-27-25-44(26-28-50)58-51(38(3)4)17-13-18-52(58)39(5)6)48-31-47(42-15-11-10-12-16-42)32-49(33-48)56-36-45(29-30-62-56)43-23-21-41(9)22-24-43;/h10-32,34-40,65H,1-9H3;/q-1;/i9D3,38D,39D;. The molecule has 0 atom stereocenters. The molecular formula is C61H58N3OPt-. The Morgan fingerprint density at radius 2 is 1.23 bits per heavy atom. The summed E-state index contributed by atoms with van der Waals surface area (Å²) >= 11 is 0. The van der Waals surface area contributed by atoms with Gasteiger partial charge in [-0.15, -0.1) is 23.8 Å². The summed E-state index contributed by atoms with van der Waals surface area (Å²) in [6, 6.07) is 53.7. The van der Waals surface area contributed by atoms with Gasteiger partial charge in [-0.25, -0.2) is 4.98 Å². The van der Waals surface area contributed by atoms with Crippen LogP contribution < -0.4 is 0 Å². The summed E-state index contributed by atoms with van der Waals surface area (Å²) in [5.41, 5.74) is 15.7. The largest absolute Gasteiger partial charge is 0.507 e. The van der Waals surface area contributed by atoms with Crippen LogP contribution in [0.3, 0.4) is 0 Å². The molecule has 4 nitrogen and oxygen atoms in total. The van der Waals surface area contributed by atoms with Crippen LogP contribution in [0.15, 0.2) is 158 Å². The molecule has 0 spiro atoms. The van der Waals surface area contributed by atoms with E-state index in [2.05, 4.69) is 111 Å². The van der Waals surface area contributed by atoms with Crippen LogP contribution in [-0.4, -0.2) is 19.6 Å². The van der Waals surface area contributed by atoms with E-state index in [-0.39, 0.29) is 44.2 Å². The van der Waals surface area contributed by atoms with Gasteiger partial charge < -0.3 is 5.11 Å². The molecule has 7 aromatic carbocycles. The molecule has 0 aliphatic carbocycles. The Kier molecular flexibility index (Phi) is 11.7. The van der Waals surface area contributed by atoms with Crippen molar-refractivity contribution in [2.45, 2.75) is 85.9 Å². The number of para-hydroxylation sites is 1. The van der Waals surface area contributed by atoms with Crippen LogP contribution in [-0.2, 0) is 21.1 Å². The number of phenols is 1. The molecule has 0 radical (unpaired) electrons. The fourth-order valence-corrected chi connectivity index (χ4v) is 8.93. The summed E-state index contributed by atoms with van der Waals surface area (Å²) in [6.07, 6.45) is 1.77. The number of imidazole rings is 1. The van der Waals surface area contributed by atoms with Gasteiger partial charge in [-0.2, -0.15) is 0 Å². The normalized spacial score (nSPS) is 13.2. The van der Waals surface area contributed by atoms with Crippen LogP contribution in [0.1, 0.15) is 114 Å². The molecule has 0 saturated carbocycles. The van der Waals surface area contributed by atoms with Crippen molar-refractivity contribution in [2.24, 2.45) is 0 Å². The van der Waals surface area contributed by atoms with Crippen LogP contribution in [0.2, 0.25) is 0 Å². The summed E-state index contributed by atoms with van der Waals surface area (Å²) < 4.78 is 43.9. The fourth-order valence-electron chi connectivity index (χ4n) is 8.93. The Morgan fingerprint density at radius 3 is 1.88 bits per heavy atom. The van der Waals surface area contributed by atoms with Gasteiger partial charge in [-0.3, -0.25) is 9.55 Å². The van der Waals surface area contributed by atoms with E-state index in [1.165, 1.54) is 0 Å². The molecule has 0 saturated heterocycles. The van der Waals surface area contributed by atoms with Crippen molar-refractivity contribution in [1.29, 1.82) is 0 Å². The van der Waals surface area contributed by atoms with Crippen molar-refractivity contribution in [3.05, 3.63) is 192 Å². The monoisotopic (exact) mass is 1050 g/mol. The second-order valence-corrected chi connectivity index (χ2v) is 18.1. The van der Waals surface area contributed by atoms with Gasteiger partial charge in [0, 0.05) is 45.5 Å². The Morgan fingerprint density at radius 1 is 0.576 bits per heavy atom. The predicted octanol–water partition coefficient (Wildman–Crippen LogP) is 16.7. The Bertz CT molecular complexity index is 3350. The fraction of sp³-hybridized carbons (Fsp3) is 0.213. The van der Waals surface area contributed by atoms with E-state index in [0.29, 0.717) is 17.1 Å². The van der Waals surface area contributed by atoms with E-state index in [1.54, 1.807) is 18.3 Å². The van der Waals surface area contributed by atoms with Crippen molar-refractivity contribution in [1.82, 2.24) is 14.5 Å². The molecule has 9 aromatic rings. The molecule has 5 heteroatoms. The maximum absolute atomic E-state index is 12.3. The van der Waals surface area contributed by atoms with Gasteiger partial charge in [0.05, 0.1) is 16.6 Å². The van der Waals surface area contributed by atoms with Gasteiger partial charge in [0.1, 0.15) is 11.6 Å². The van der Waals surface area contributed by atoms with E-state index >= 15 is 0 Å². The van der Waals surface area contributed by atoms with E-state index in [4.69, 9.17) is 16.8 Å². The third kappa shape index (κ3) is 8.97. The third-order valence-electron chi connectivity index (χ3n) is 12.5. The van der Waals surface area contributed by atoms with Crippen LogP contribution in [0.25, 0.3) is 83.9 Å². The number of hydrogen-bond acceptors (Lipinski definition) is 3. The minimum Gasteiger partial charge on any atom is -0.507 e. The second-order valence-electron chi connectivity index (χ2n) is 18.1. The number of aryl methyl sites for hydroxylation is 1. The average molecular weight is 1050 g/mol. The number of phenolic OH excluding ortho intramolecular Hbond substituents is 1. The van der Waals surface area contributed by atoms with Gasteiger partial charge in [0.2, 0.25) is 0 Å². The van der Waals surface area contributed by atoms with Crippen molar-refractivity contribution in [3.8, 4) is 78.6 Å². The predicted molar refractivity (Wildman–Crippen MR) is 273 cm³/mol. The first kappa shape index (κ1) is 40.0. The number of fused-ring (bicyclic) bond motifs is 1. The molecule has 1 N–H and O–H groups in total. The number of hydrogen-bond donors (Lipinski definition) is 1. The summed E-state index contributed by atoms with van der Waals surface area (Å²) in [6.45, 7) is 13.9. The molecular weight excluding hydrogens is 986 g/mol. The Balaban J connectivity index is 0.00000676. The zero-order chi connectivity index (χ0) is 49.9. The summed E-state index contributed by atoms with van der Waals surface area (Å²) in [5, 5.41) is 12.3. The van der Waals surface area contributed by atoms with Crippen LogP contribution >= 0.6 is 0 Å². The van der Waals surface area contributed by atoms with E-state index in [9.17, 15) is 5.11 Å². The molecule has 2 aromatic heterocycles. The van der Waals surface area contributed by atoms with Gasteiger partial charge in [0.15, 0.2) is 0 Å². The molecule has 0 aliphatic rings. The van der Waals surface area contributed by atoms with Gasteiger partial charge in [-0.1, -0.05) is 187 Å². The van der Waals surface area contributed by atoms with Gasteiger partial charge >= 0.3 is 0 Å². The SMILES string of the molecule is [2H]C([2H])([2H])c1ccc(-c2ccnc(-c3[c-]c(-c4cccc5c4nc(-c4cc(C(C)C)cc(C(C)C)c4O)n5-c4ccc(-c5c(C([2H])(C)C)cccc5C([2H])(C)C)cc4)cc(-c4ccccc4)c3)c2)cc1.[Pt]. The first-order chi connectivity index (χ1) is 33.2. The van der Waals surface area contributed by atoms with Crippen molar-refractivity contribution in [3.63, 3.8) is 0 Å². The minimum absolute atomic E-state index is 0. The molecule has 0 amide bonds. The number of rotatable bonds is 11. The van der Waals surface area contributed by atoms with Crippen LogP contribution in [0, 0.1) is 12.9 Å². The zero-order valence-corrected chi connectivity index (χ0v) is 41.0. The number of pyridine rings is 1. The molecule has 0 aliphatic heterocycles. The average Bonchev–Trinajstić information content (AvgIpc) is 3.73. The van der Waals surface area contributed by atoms with Crippen molar-refractivity contribution >= 4 is 11.0 Å². The maximum Gasteiger partial charge on any atom is 0.148 e. The number of benzene rings is 7. The first-order valence-corrected chi connectivity index (χ1v) is 22.5. The van der Waals surface area contributed by atoms with Gasteiger partial charge in [0.25, 0.3) is 0 Å². The molecule has 334 valence electrons. The molecule has 2 heterocycles. The molecule has 0 fully saturated rings. The minimum atomic E-state index is -2.19.